The largest absolute Gasteiger partial charge is 0.337 e. The maximum atomic E-state index is 13.2. The molecule has 142 valence electrons. The molecule has 1 amide bonds. The Balaban J connectivity index is 1.55. The van der Waals surface area contributed by atoms with Gasteiger partial charge in [-0.3, -0.25) is 14.5 Å². The number of rotatable bonds is 3. The van der Waals surface area contributed by atoms with Gasteiger partial charge in [0.1, 0.15) is 5.56 Å². The Morgan fingerprint density at radius 2 is 1.89 bits per heavy atom. The van der Waals surface area contributed by atoms with Crippen LogP contribution in [0.5, 0.6) is 0 Å². The monoisotopic (exact) mass is 365 g/mol. The van der Waals surface area contributed by atoms with Crippen LogP contribution in [0, 0.1) is 19.8 Å². The molecule has 3 aliphatic rings. The van der Waals surface area contributed by atoms with Gasteiger partial charge in [0.05, 0.1) is 0 Å². The number of hydrogen-bond acceptors (Lipinski definition) is 3. The quantitative estimate of drug-likeness (QED) is 0.910. The van der Waals surface area contributed by atoms with Gasteiger partial charge < -0.3 is 9.88 Å². The molecule has 4 heterocycles. The normalized spacial score (nSPS) is 22.7. The van der Waals surface area contributed by atoms with E-state index in [-0.39, 0.29) is 11.5 Å². The second-order valence-corrected chi connectivity index (χ2v) is 8.06. The van der Waals surface area contributed by atoms with Gasteiger partial charge in [-0.2, -0.15) is 0 Å². The van der Waals surface area contributed by atoms with Crippen LogP contribution in [-0.4, -0.2) is 46.4 Å². The molecule has 3 fully saturated rings. The maximum absolute atomic E-state index is 13.2. The molecule has 0 saturated carbocycles. The third-order valence-electron chi connectivity index (χ3n) is 5.92. The zero-order chi connectivity index (χ0) is 19.0. The summed E-state index contributed by atoms with van der Waals surface area (Å²) in [6, 6.07) is 12.8. The number of fused-ring (bicyclic) bond motifs is 4. The Morgan fingerprint density at radius 3 is 2.63 bits per heavy atom. The lowest BCUT2D eigenvalue weighted by Gasteiger charge is -2.36. The van der Waals surface area contributed by atoms with Crippen LogP contribution in [0.25, 0.3) is 0 Å². The Bertz CT molecular complexity index is 890. The van der Waals surface area contributed by atoms with Gasteiger partial charge in [0, 0.05) is 37.9 Å². The van der Waals surface area contributed by atoms with E-state index in [4.69, 9.17) is 0 Å². The summed E-state index contributed by atoms with van der Waals surface area (Å²) in [5.41, 5.74) is 2.90. The first kappa shape index (κ1) is 18.0. The highest BCUT2D eigenvalue weighted by Gasteiger charge is 2.37. The molecule has 27 heavy (non-hydrogen) atoms. The van der Waals surface area contributed by atoms with Crippen molar-refractivity contribution in [2.75, 3.05) is 19.6 Å². The molecule has 0 radical (unpaired) electrons. The third-order valence-corrected chi connectivity index (χ3v) is 5.92. The molecule has 1 aromatic carbocycles. The lowest BCUT2D eigenvalue weighted by atomic mass is 9.94. The molecule has 2 unspecified atom stereocenters. The minimum atomic E-state index is -0.268. The second-order valence-electron chi connectivity index (χ2n) is 8.06. The number of aromatic amines is 1. The average Bonchev–Trinajstić information content (AvgIpc) is 2.93. The molecule has 3 aliphatic heterocycles. The number of amides is 1. The number of benzene rings is 1. The number of carbonyl (C=O) groups excluding carboxylic acids is 1. The summed E-state index contributed by atoms with van der Waals surface area (Å²) < 4.78 is 0. The topological polar surface area (TPSA) is 56.4 Å². The van der Waals surface area contributed by atoms with E-state index in [1.54, 1.807) is 0 Å². The van der Waals surface area contributed by atoms with Crippen molar-refractivity contribution in [1.29, 1.82) is 0 Å². The fourth-order valence-corrected chi connectivity index (χ4v) is 4.63. The molecule has 0 aliphatic carbocycles. The number of pyridine rings is 1. The lowest BCUT2D eigenvalue weighted by molar-refractivity contribution is 0.0733. The van der Waals surface area contributed by atoms with E-state index in [9.17, 15) is 9.59 Å². The van der Waals surface area contributed by atoms with Crippen molar-refractivity contribution in [3.63, 3.8) is 0 Å². The summed E-state index contributed by atoms with van der Waals surface area (Å²) in [5, 5.41) is 0. The molecule has 2 aromatic rings. The van der Waals surface area contributed by atoms with E-state index in [2.05, 4.69) is 34.1 Å². The van der Waals surface area contributed by atoms with Crippen molar-refractivity contribution >= 4 is 5.91 Å². The van der Waals surface area contributed by atoms with E-state index in [0.29, 0.717) is 24.1 Å². The number of nitrogens with zero attached hydrogens (tertiary/aromatic N) is 2. The van der Waals surface area contributed by atoms with Crippen LogP contribution in [0.3, 0.4) is 0 Å². The fourth-order valence-electron chi connectivity index (χ4n) is 4.63. The summed E-state index contributed by atoms with van der Waals surface area (Å²) in [6.45, 7) is 7.09. The summed E-state index contributed by atoms with van der Waals surface area (Å²) >= 11 is 0. The highest BCUT2D eigenvalue weighted by molar-refractivity contribution is 5.95. The average molecular weight is 365 g/mol. The SMILES string of the molecule is Cc1cc(C)c(C(=O)N2CC3CCC(C2)N(Cc2ccccc2)C3)c(=O)[nH]1. The van der Waals surface area contributed by atoms with Gasteiger partial charge in [0.25, 0.3) is 11.5 Å². The lowest BCUT2D eigenvalue weighted by Crippen LogP contribution is -2.44. The highest BCUT2D eigenvalue weighted by Crippen LogP contribution is 2.30. The number of nitrogens with one attached hydrogen (secondary N) is 1. The molecule has 2 bridgehead atoms. The molecular formula is C22H27N3O2. The van der Waals surface area contributed by atoms with Crippen LogP contribution < -0.4 is 5.56 Å². The molecule has 5 heteroatoms. The molecule has 1 N–H and O–H groups in total. The van der Waals surface area contributed by atoms with Crippen LogP contribution >= 0.6 is 0 Å². The number of piperidine rings is 1. The highest BCUT2D eigenvalue weighted by atomic mass is 16.2. The molecule has 3 saturated heterocycles. The summed E-state index contributed by atoms with van der Waals surface area (Å²) in [4.78, 5) is 32.8. The Morgan fingerprint density at radius 1 is 1.11 bits per heavy atom. The van der Waals surface area contributed by atoms with Crippen molar-refractivity contribution in [2.24, 2.45) is 5.92 Å². The van der Waals surface area contributed by atoms with Crippen LogP contribution in [0.15, 0.2) is 41.2 Å². The van der Waals surface area contributed by atoms with E-state index in [0.717, 1.165) is 43.7 Å². The Kier molecular flexibility index (Phi) is 4.87. The summed E-state index contributed by atoms with van der Waals surface area (Å²) in [7, 11) is 0. The van der Waals surface area contributed by atoms with Crippen molar-refractivity contribution in [1.82, 2.24) is 14.8 Å². The van der Waals surface area contributed by atoms with Gasteiger partial charge in [-0.25, -0.2) is 0 Å². The third kappa shape index (κ3) is 3.69. The molecule has 5 rings (SSSR count). The molecule has 1 aromatic heterocycles. The summed E-state index contributed by atoms with van der Waals surface area (Å²) in [6.07, 6.45) is 2.27. The minimum absolute atomic E-state index is 0.118. The van der Waals surface area contributed by atoms with Gasteiger partial charge in [0.15, 0.2) is 0 Å². The zero-order valence-electron chi connectivity index (χ0n) is 16.1. The molecule has 2 atom stereocenters. The van der Waals surface area contributed by atoms with E-state index in [1.807, 2.05) is 30.9 Å². The Labute approximate surface area is 160 Å². The minimum Gasteiger partial charge on any atom is -0.337 e. The molecule has 0 spiro atoms. The predicted octanol–water partition coefficient (Wildman–Crippen LogP) is 2.73. The standard InChI is InChI=1S/C22H27N3O2/c1-15-10-16(2)23-21(26)20(15)22(27)25-13-18-8-9-19(14-25)24(12-18)11-17-6-4-3-5-7-17/h3-7,10,18-19H,8-9,11-14H2,1-2H3,(H,23,26). The maximum Gasteiger partial charge on any atom is 0.261 e. The molecular weight excluding hydrogens is 338 g/mol. The van der Waals surface area contributed by atoms with Gasteiger partial charge in [-0.15, -0.1) is 0 Å². The van der Waals surface area contributed by atoms with Crippen molar-refractivity contribution in [3.05, 3.63) is 69.1 Å². The first-order valence-electron chi connectivity index (χ1n) is 9.79. The zero-order valence-corrected chi connectivity index (χ0v) is 16.1. The van der Waals surface area contributed by atoms with Crippen LogP contribution in [0.4, 0.5) is 0 Å². The van der Waals surface area contributed by atoms with Crippen LogP contribution in [0.2, 0.25) is 0 Å². The molecule has 5 nitrogen and oxygen atoms in total. The predicted molar refractivity (Wildman–Crippen MR) is 106 cm³/mol. The first-order valence-corrected chi connectivity index (χ1v) is 9.79. The van der Waals surface area contributed by atoms with Gasteiger partial charge in [0.2, 0.25) is 0 Å². The van der Waals surface area contributed by atoms with E-state index >= 15 is 0 Å². The summed E-state index contributed by atoms with van der Waals surface area (Å²) in [5.74, 6) is 0.355. The van der Waals surface area contributed by atoms with E-state index < -0.39 is 0 Å². The smallest absolute Gasteiger partial charge is 0.261 e. The van der Waals surface area contributed by atoms with Gasteiger partial charge in [-0.05, 0) is 49.8 Å². The van der Waals surface area contributed by atoms with Gasteiger partial charge in [-0.1, -0.05) is 30.3 Å². The van der Waals surface area contributed by atoms with E-state index in [1.165, 1.54) is 5.56 Å². The van der Waals surface area contributed by atoms with Crippen LogP contribution in [0.1, 0.15) is 40.0 Å². The number of carbonyl (C=O) groups is 1. The fraction of sp³-hybridized carbons (Fsp3) is 0.455. The van der Waals surface area contributed by atoms with Crippen molar-refractivity contribution < 1.29 is 4.79 Å². The Hall–Kier alpha value is -2.40. The van der Waals surface area contributed by atoms with Crippen molar-refractivity contribution in [2.45, 2.75) is 39.3 Å². The second kappa shape index (κ2) is 7.31. The number of H-pyrrole nitrogens is 1. The van der Waals surface area contributed by atoms with Crippen LogP contribution in [-0.2, 0) is 6.54 Å². The number of aromatic nitrogens is 1. The van der Waals surface area contributed by atoms with Gasteiger partial charge >= 0.3 is 0 Å². The first-order chi connectivity index (χ1) is 13.0. The number of aryl methyl sites for hydroxylation is 2. The number of hydrogen-bond donors (Lipinski definition) is 1. The van der Waals surface area contributed by atoms with Crippen molar-refractivity contribution in [3.8, 4) is 0 Å².